The van der Waals surface area contributed by atoms with Crippen LogP contribution in [0.2, 0.25) is 0 Å². The van der Waals surface area contributed by atoms with Crippen LogP contribution < -0.4 is 0 Å². The molecule has 0 bridgehead atoms. The van der Waals surface area contributed by atoms with Crippen molar-refractivity contribution in [1.82, 2.24) is 0 Å². The van der Waals surface area contributed by atoms with E-state index in [-0.39, 0.29) is 0 Å². The summed E-state index contributed by atoms with van der Waals surface area (Å²) in [6, 6.07) is 0. The Bertz CT molecular complexity index is 130. The van der Waals surface area contributed by atoms with E-state index in [1.165, 1.54) is 0 Å². The Labute approximate surface area is 57.4 Å². The molecule has 0 aliphatic heterocycles. The van der Waals surface area contributed by atoms with E-state index in [9.17, 15) is 0 Å². The first-order chi connectivity index (χ1) is 4.74. The van der Waals surface area contributed by atoms with Crippen LogP contribution >= 0.6 is 0 Å². The molecule has 0 aromatic rings. The van der Waals surface area contributed by atoms with Crippen molar-refractivity contribution < 1.29 is 15.3 Å². The van der Waals surface area contributed by atoms with Gasteiger partial charge in [-0.3, -0.25) is 0 Å². The molecule has 0 radical (unpaired) electrons. The average molecular weight is 147 g/mol. The maximum atomic E-state index is 8.52. The molecule has 0 aliphatic rings. The Hall–Kier alpha value is -0.810. The van der Waals surface area contributed by atoms with Gasteiger partial charge in [0.1, 0.15) is 5.54 Å². The van der Waals surface area contributed by atoms with Gasteiger partial charge >= 0.3 is 0 Å². The standard InChI is InChI=1S/C4H9N3O3/c5-7-6-4(1-8,2-9)3-10/h8-10H,1-3H2. The zero-order valence-corrected chi connectivity index (χ0v) is 5.30. The second-order valence-corrected chi connectivity index (χ2v) is 1.89. The molecular weight excluding hydrogens is 138 g/mol. The smallest absolute Gasteiger partial charge is 0.118 e. The quantitative estimate of drug-likeness (QED) is 0.270. The minimum Gasteiger partial charge on any atom is -0.395 e. The third kappa shape index (κ3) is 1.85. The predicted molar refractivity (Wildman–Crippen MR) is 33.1 cm³/mol. The zero-order chi connectivity index (χ0) is 8.04. The summed E-state index contributed by atoms with van der Waals surface area (Å²) in [6.45, 7) is -1.70. The summed E-state index contributed by atoms with van der Waals surface area (Å²) in [7, 11) is 0. The second kappa shape index (κ2) is 4.08. The second-order valence-electron chi connectivity index (χ2n) is 1.89. The summed E-state index contributed by atoms with van der Waals surface area (Å²) < 4.78 is 0. The highest BCUT2D eigenvalue weighted by Gasteiger charge is 2.25. The molecule has 0 aromatic heterocycles. The lowest BCUT2D eigenvalue weighted by Crippen LogP contribution is -2.38. The van der Waals surface area contributed by atoms with E-state index >= 15 is 0 Å². The Morgan fingerprint density at radius 3 is 1.70 bits per heavy atom. The number of hydrogen-bond donors (Lipinski definition) is 3. The first-order valence-corrected chi connectivity index (χ1v) is 2.63. The van der Waals surface area contributed by atoms with Gasteiger partial charge < -0.3 is 15.3 Å². The third-order valence-electron chi connectivity index (χ3n) is 1.14. The fraction of sp³-hybridized carbons (Fsp3) is 1.00. The van der Waals surface area contributed by atoms with Gasteiger partial charge in [-0.05, 0) is 5.53 Å². The van der Waals surface area contributed by atoms with Crippen LogP contribution in [0.5, 0.6) is 0 Å². The third-order valence-corrected chi connectivity index (χ3v) is 1.14. The summed E-state index contributed by atoms with van der Waals surface area (Å²) in [5.41, 5.74) is 6.47. The van der Waals surface area contributed by atoms with Crippen LogP contribution in [0.1, 0.15) is 0 Å². The number of aliphatic hydroxyl groups is 3. The first kappa shape index (κ1) is 9.19. The van der Waals surface area contributed by atoms with E-state index in [4.69, 9.17) is 20.9 Å². The molecule has 0 spiro atoms. The molecule has 0 fully saturated rings. The lowest BCUT2D eigenvalue weighted by atomic mass is 10.1. The summed E-state index contributed by atoms with van der Waals surface area (Å²) in [5, 5.41) is 28.6. The fourth-order valence-electron chi connectivity index (χ4n) is 0.340. The predicted octanol–water partition coefficient (Wildman–Crippen LogP) is -0.988. The molecule has 6 nitrogen and oxygen atoms in total. The number of nitrogens with zero attached hydrogens (tertiary/aromatic N) is 3. The lowest BCUT2D eigenvalue weighted by Gasteiger charge is -2.19. The van der Waals surface area contributed by atoms with Crippen molar-refractivity contribution in [2.24, 2.45) is 5.11 Å². The largest absolute Gasteiger partial charge is 0.395 e. The van der Waals surface area contributed by atoms with Gasteiger partial charge in [0, 0.05) is 4.91 Å². The van der Waals surface area contributed by atoms with Crippen LogP contribution in [-0.4, -0.2) is 40.7 Å². The molecule has 0 saturated carbocycles. The number of rotatable bonds is 4. The summed E-state index contributed by atoms with van der Waals surface area (Å²) in [5.74, 6) is 0. The van der Waals surface area contributed by atoms with E-state index < -0.39 is 25.4 Å². The summed E-state index contributed by atoms with van der Waals surface area (Å²) >= 11 is 0. The topological polar surface area (TPSA) is 109 Å². The van der Waals surface area contributed by atoms with E-state index in [0.29, 0.717) is 0 Å². The molecule has 0 aromatic carbocycles. The van der Waals surface area contributed by atoms with Gasteiger partial charge in [0.2, 0.25) is 0 Å². The monoisotopic (exact) mass is 147 g/mol. The van der Waals surface area contributed by atoms with E-state index in [1.807, 2.05) is 0 Å². The van der Waals surface area contributed by atoms with Crippen LogP contribution in [0.4, 0.5) is 0 Å². The molecule has 3 N–H and O–H groups in total. The SMILES string of the molecule is [N-]=[N+]=NC(CO)(CO)CO. The number of azide groups is 1. The minimum absolute atomic E-state index is 0.565. The number of aliphatic hydroxyl groups excluding tert-OH is 3. The van der Waals surface area contributed by atoms with Crippen molar-refractivity contribution >= 4 is 0 Å². The maximum Gasteiger partial charge on any atom is 0.118 e. The van der Waals surface area contributed by atoms with Gasteiger partial charge in [-0.25, -0.2) is 0 Å². The Morgan fingerprint density at radius 1 is 1.20 bits per heavy atom. The van der Waals surface area contributed by atoms with Crippen LogP contribution in [-0.2, 0) is 0 Å². The minimum atomic E-state index is -1.45. The molecule has 0 aliphatic carbocycles. The molecular formula is C4H9N3O3. The van der Waals surface area contributed by atoms with Crippen LogP contribution in [0, 0.1) is 0 Å². The Balaban J connectivity index is 4.29. The molecule has 0 saturated heterocycles. The Kier molecular flexibility index (Phi) is 3.75. The summed E-state index contributed by atoms with van der Waals surface area (Å²) in [4.78, 5) is 2.37. The van der Waals surface area contributed by atoms with Gasteiger partial charge in [-0.1, -0.05) is 5.11 Å². The van der Waals surface area contributed by atoms with Crippen LogP contribution in [0.3, 0.4) is 0 Å². The van der Waals surface area contributed by atoms with Gasteiger partial charge in [0.15, 0.2) is 0 Å². The van der Waals surface area contributed by atoms with Crippen molar-refractivity contribution in [1.29, 1.82) is 0 Å². The highest BCUT2D eigenvalue weighted by atomic mass is 16.3. The van der Waals surface area contributed by atoms with Gasteiger partial charge in [-0.15, -0.1) is 0 Å². The molecule has 6 heteroatoms. The van der Waals surface area contributed by atoms with Gasteiger partial charge in [-0.2, -0.15) is 0 Å². The van der Waals surface area contributed by atoms with E-state index in [1.54, 1.807) is 0 Å². The van der Waals surface area contributed by atoms with E-state index in [2.05, 4.69) is 10.0 Å². The highest BCUT2D eigenvalue weighted by Crippen LogP contribution is 2.07. The molecule has 0 atom stereocenters. The normalized spacial score (nSPS) is 10.7. The molecule has 58 valence electrons. The molecule has 0 unspecified atom stereocenters. The molecule has 10 heavy (non-hydrogen) atoms. The first-order valence-electron chi connectivity index (χ1n) is 2.63. The van der Waals surface area contributed by atoms with Crippen LogP contribution in [0.15, 0.2) is 5.11 Å². The maximum absolute atomic E-state index is 8.52. The Morgan fingerprint density at radius 2 is 1.60 bits per heavy atom. The average Bonchev–Trinajstić information content (AvgIpc) is 2.01. The van der Waals surface area contributed by atoms with Gasteiger partial charge in [0.05, 0.1) is 19.8 Å². The van der Waals surface area contributed by atoms with Crippen molar-refractivity contribution in [3.05, 3.63) is 10.4 Å². The summed E-state index contributed by atoms with van der Waals surface area (Å²) in [6.07, 6.45) is 0. The van der Waals surface area contributed by atoms with Crippen molar-refractivity contribution in [3.8, 4) is 0 Å². The van der Waals surface area contributed by atoms with Crippen molar-refractivity contribution in [2.45, 2.75) is 5.54 Å². The fourth-order valence-corrected chi connectivity index (χ4v) is 0.340. The van der Waals surface area contributed by atoms with Crippen molar-refractivity contribution in [3.63, 3.8) is 0 Å². The molecule has 0 rings (SSSR count). The van der Waals surface area contributed by atoms with Crippen LogP contribution in [0.25, 0.3) is 10.4 Å². The van der Waals surface area contributed by atoms with Gasteiger partial charge in [0.25, 0.3) is 0 Å². The van der Waals surface area contributed by atoms with E-state index in [0.717, 1.165) is 0 Å². The van der Waals surface area contributed by atoms with Crippen molar-refractivity contribution in [2.75, 3.05) is 19.8 Å². The lowest BCUT2D eigenvalue weighted by molar-refractivity contribution is 0.0700. The molecule has 0 heterocycles. The highest BCUT2D eigenvalue weighted by molar-refractivity contribution is 4.86. The zero-order valence-electron chi connectivity index (χ0n) is 5.30. The number of hydrogen-bond acceptors (Lipinski definition) is 4. The molecule has 0 amide bonds.